The first-order chi connectivity index (χ1) is 8.54. The highest BCUT2D eigenvalue weighted by Gasteiger charge is 2.18. The minimum atomic E-state index is -1.31. The van der Waals surface area contributed by atoms with E-state index in [-0.39, 0.29) is 6.61 Å². The lowest BCUT2D eigenvalue weighted by Gasteiger charge is -2.12. The number of rotatable bonds is 6. The molecule has 0 heterocycles. The van der Waals surface area contributed by atoms with Crippen molar-refractivity contribution in [1.82, 2.24) is 5.32 Å². The number of carbonyl (C=O) groups excluding carboxylic acids is 1. The fraction of sp³-hybridized carbons (Fsp3) is 0.333. The Labute approximate surface area is 104 Å². The Morgan fingerprint density at radius 3 is 2.61 bits per heavy atom. The molecule has 3 N–H and O–H groups in total. The number of carboxylic acid groups (broad SMARTS) is 1. The number of aryl methyl sites for hydroxylation is 1. The normalized spacial score (nSPS) is 11.7. The molecule has 0 unspecified atom stereocenters. The van der Waals surface area contributed by atoms with Crippen LogP contribution < -0.4 is 10.1 Å². The summed E-state index contributed by atoms with van der Waals surface area (Å²) >= 11 is 0. The summed E-state index contributed by atoms with van der Waals surface area (Å²) in [6.45, 7) is 0.876. The molecule has 1 aromatic carbocycles. The molecule has 0 aromatic heterocycles. The first kappa shape index (κ1) is 14.0. The zero-order valence-corrected chi connectivity index (χ0v) is 9.92. The van der Waals surface area contributed by atoms with E-state index in [9.17, 15) is 9.59 Å². The minimum absolute atomic E-state index is 0.297. The van der Waals surface area contributed by atoms with Gasteiger partial charge in [0.05, 0.1) is 6.61 Å². The molecule has 18 heavy (non-hydrogen) atoms. The van der Waals surface area contributed by atoms with Crippen molar-refractivity contribution in [3.63, 3.8) is 0 Å². The number of aliphatic hydroxyl groups excluding tert-OH is 1. The van der Waals surface area contributed by atoms with Crippen LogP contribution in [0.25, 0.3) is 0 Å². The second-order valence-electron chi connectivity index (χ2n) is 3.70. The molecular weight excluding hydrogens is 238 g/mol. The second-order valence-corrected chi connectivity index (χ2v) is 3.70. The zero-order valence-electron chi connectivity index (χ0n) is 9.92. The summed E-state index contributed by atoms with van der Waals surface area (Å²) in [6.07, 6.45) is 0. The summed E-state index contributed by atoms with van der Waals surface area (Å²) in [6, 6.07) is 5.85. The number of aliphatic carboxylic acids is 1. The van der Waals surface area contributed by atoms with E-state index in [1.807, 2.05) is 19.1 Å². The molecule has 0 saturated carbocycles. The standard InChI is InChI=1S/C12H15NO5/c1-8-4-2-3-5-10(8)18-7-11(15)13-9(6-14)12(16)17/h2-5,9,14H,6-7H2,1H3,(H,13,15)(H,16,17)/t9-/m0/s1. The molecule has 1 amide bonds. The Kier molecular flexibility index (Phi) is 5.13. The lowest BCUT2D eigenvalue weighted by Crippen LogP contribution is -2.45. The first-order valence-electron chi connectivity index (χ1n) is 5.36. The van der Waals surface area contributed by atoms with E-state index in [1.165, 1.54) is 0 Å². The highest BCUT2D eigenvalue weighted by atomic mass is 16.5. The van der Waals surface area contributed by atoms with Gasteiger partial charge in [-0.2, -0.15) is 0 Å². The van der Waals surface area contributed by atoms with Crippen molar-refractivity contribution in [1.29, 1.82) is 0 Å². The molecule has 0 fully saturated rings. The molecule has 0 aliphatic heterocycles. The number of carboxylic acids is 1. The largest absolute Gasteiger partial charge is 0.484 e. The van der Waals surface area contributed by atoms with Gasteiger partial charge in [-0.1, -0.05) is 18.2 Å². The third kappa shape index (κ3) is 4.06. The van der Waals surface area contributed by atoms with Crippen molar-refractivity contribution < 1.29 is 24.5 Å². The van der Waals surface area contributed by atoms with Crippen molar-refractivity contribution in [2.75, 3.05) is 13.2 Å². The fourth-order valence-electron chi connectivity index (χ4n) is 1.28. The number of aliphatic hydroxyl groups is 1. The molecule has 0 saturated heterocycles. The Morgan fingerprint density at radius 2 is 2.06 bits per heavy atom. The molecule has 98 valence electrons. The van der Waals surface area contributed by atoms with Gasteiger partial charge in [0.2, 0.25) is 0 Å². The molecule has 1 rings (SSSR count). The van der Waals surface area contributed by atoms with Gasteiger partial charge in [-0.25, -0.2) is 4.79 Å². The van der Waals surface area contributed by atoms with Crippen LogP contribution >= 0.6 is 0 Å². The minimum Gasteiger partial charge on any atom is -0.484 e. The SMILES string of the molecule is Cc1ccccc1OCC(=O)N[C@@H](CO)C(=O)O. The molecule has 6 nitrogen and oxygen atoms in total. The number of hydrogen-bond acceptors (Lipinski definition) is 4. The number of amides is 1. The predicted octanol–water partition coefficient (Wildman–Crippen LogP) is -0.0645. The van der Waals surface area contributed by atoms with Crippen LogP contribution in [0.4, 0.5) is 0 Å². The summed E-state index contributed by atoms with van der Waals surface area (Å²) in [5, 5.41) is 19.5. The number of nitrogens with one attached hydrogen (secondary N) is 1. The molecule has 0 radical (unpaired) electrons. The van der Waals surface area contributed by atoms with Gasteiger partial charge < -0.3 is 20.3 Å². The van der Waals surface area contributed by atoms with Crippen molar-refractivity contribution in [3.8, 4) is 5.75 Å². The highest BCUT2D eigenvalue weighted by Crippen LogP contribution is 2.15. The van der Waals surface area contributed by atoms with Gasteiger partial charge in [-0.15, -0.1) is 0 Å². The number of carbonyl (C=O) groups is 2. The van der Waals surface area contributed by atoms with E-state index < -0.39 is 24.5 Å². The predicted molar refractivity (Wildman–Crippen MR) is 63.3 cm³/mol. The number of hydrogen-bond donors (Lipinski definition) is 3. The monoisotopic (exact) mass is 253 g/mol. The maximum absolute atomic E-state index is 11.4. The molecule has 1 aromatic rings. The summed E-state index contributed by atoms with van der Waals surface area (Å²) in [5.41, 5.74) is 0.877. The third-order valence-corrected chi connectivity index (χ3v) is 2.27. The van der Waals surface area contributed by atoms with E-state index in [0.717, 1.165) is 5.56 Å². The highest BCUT2D eigenvalue weighted by molar-refractivity contribution is 5.84. The van der Waals surface area contributed by atoms with E-state index in [4.69, 9.17) is 14.9 Å². The topological polar surface area (TPSA) is 95.9 Å². The van der Waals surface area contributed by atoms with Crippen LogP contribution in [0.15, 0.2) is 24.3 Å². The summed E-state index contributed by atoms with van der Waals surface area (Å²) in [5.74, 6) is -1.33. The number of benzene rings is 1. The fourth-order valence-corrected chi connectivity index (χ4v) is 1.28. The Morgan fingerprint density at radius 1 is 1.39 bits per heavy atom. The smallest absolute Gasteiger partial charge is 0.328 e. The zero-order chi connectivity index (χ0) is 13.5. The summed E-state index contributed by atoms with van der Waals surface area (Å²) in [4.78, 5) is 22.0. The summed E-state index contributed by atoms with van der Waals surface area (Å²) in [7, 11) is 0. The van der Waals surface area contributed by atoms with E-state index in [1.54, 1.807) is 12.1 Å². The van der Waals surface area contributed by atoms with Crippen molar-refractivity contribution in [3.05, 3.63) is 29.8 Å². The van der Waals surface area contributed by atoms with Gasteiger partial charge in [-0.3, -0.25) is 4.79 Å². The van der Waals surface area contributed by atoms with Crippen LogP contribution in [0.3, 0.4) is 0 Å². The van der Waals surface area contributed by atoms with Crippen molar-refractivity contribution >= 4 is 11.9 Å². The molecule has 0 aliphatic carbocycles. The van der Waals surface area contributed by atoms with E-state index in [2.05, 4.69) is 5.32 Å². The van der Waals surface area contributed by atoms with Gasteiger partial charge >= 0.3 is 5.97 Å². The lowest BCUT2D eigenvalue weighted by atomic mass is 10.2. The number of para-hydroxylation sites is 1. The molecule has 1 atom stereocenters. The van der Waals surface area contributed by atoms with Gasteiger partial charge in [-0.05, 0) is 18.6 Å². The van der Waals surface area contributed by atoms with Crippen LogP contribution in [0, 0.1) is 6.92 Å². The maximum Gasteiger partial charge on any atom is 0.328 e. The van der Waals surface area contributed by atoms with Gasteiger partial charge in [0.15, 0.2) is 6.61 Å². The van der Waals surface area contributed by atoms with Crippen LogP contribution in [0.2, 0.25) is 0 Å². The lowest BCUT2D eigenvalue weighted by molar-refractivity contribution is -0.143. The molecule has 6 heteroatoms. The van der Waals surface area contributed by atoms with Gasteiger partial charge in [0.1, 0.15) is 11.8 Å². The Hall–Kier alpha value is -2.08. The summed E-state index contributed by atoms with van der Waals surface area (Å²) < 4.78 is 5.24. The molecule has 0 spiro atoms. The quantitative estimate of drug-likeness (QED) is 0.660. The maximum atomic E-state index is 11.4. The van der Waals surface area contributed by atoms with Crippen LogP contribution in [0.1, 0.15) is 5.56 Å². The average Bonchev–Trinajstić information content (AvgIpc) is 2.34. The second kappa shape index (κ2) is 6.61. The Bertz CT molecular complexity index is 432. The Balaban J connectivity index is 2.47. The van der Waals surface area contributed by atoms with Crippen LogP contribution in [-0.2, 0) is 9.59 Å². The average molecular weight is 253 g/mol. The molecule has 0 aliphatic rings. The van der Waals surface area contributed by atoms with Crippen molar-refractivity contribution in [2.45, 2.75) is 13.0 Å². The van der Waals surface area contributed by atoms with Crippen LogP contribution in [-0.4, -0.2) is 41.3 Å². The van der Waals surface area contributed by atoms with Gasteiger partial charge in [0, 0.05) is 0 Å². The van der Waals surface area contributed by atoms with Crippen molar-refractivity contribution in [2.24, 2.45) is 0 Å². The molecule has 0 bridgehead atoms. The third-order valence-electron chi connectivity index (χ3n) is 2.27. The van der Waals surface area contributed by atoms with Crippen LogP contribution in [0.5, 0.6) is 5.75 Å². The first-order valence-corrected chi connectivity index (χ1v) is 5.36. The van der Waals surface area contributed by atoms with Gasteiger partial charge in [0.25, 0.3) is 5.91 Å². The van der Waals surface area contributed by atoms with E-state index in [0.29, 0.717) is 5.75 Å². The molecular formula is C12H15NO5. The number of ether oxygens (including phenoxy) is 1. The van der Waals surface area contributed by atoms with E-state index >= 15 is 0 Å².